The molecule has 2 aromatic carbocycles. The van der Waals surface area contributed by atoms with Gasteiger partial charge in [0.25, 0.3) is 0 Å². The van der Waals surface area contributed by atoms with Gasteiger partial charge in [-0.25, -0.2) is 4.98 Å². The number of nitrogens with zero attached hydrogens (tertiary/aromatic N) is 2. The lowest BCUT2D eigenvalue weighted by atomic mass is 10.1. The molecule has 1 heterocycles. The van der Waals surface area contributed by atoms with E-state index in [2.05, 4.69) is 9.97 Å². The van der Waals surface area contributed by atoms with Crippen molar-refractivity contribution in [3.05, 3.63) is 71.1 Å². The molecule has 21 heavy (non-hydrogen) atoms. The van der Waals surface area contributed by atoms with Crippen LogP contribution in [0.3, 0.4) is 0 Å². The van der Waals surface area contributed by atoms with Crippen LogP contribution in [-0.2, 0) is 0 Å². The summed E-state index contributed by atoms with van der Waals surface area (Å²) in [5.74, 6) is -0.201. The zero-order valence-electron chi connectivity index (χ0n) is 11.3. The average Bonchev–Trinajstić information content (AvgIpc) is 2.48. The fraction of sp³-hybridized carbons (Fsp3) is 0.0588. The van der Waals surface area contributed by atoms with Gasteiger partial charge in [0.1, 0.15) is 0 Å². The number of aromatic nitrogens is 2. The molecule has 0 atom stereocenters. The van der Waals surface area contributed by atoms with Gasteiger partial charge < -0.3 is 0 Å². The summed E-state index contributed by atoms with van der Waals surface area (Å²) in [4.78, 5) is 8.30. The summed E-state index contributed by atoms with van der Waals surface area (Å²) in [7, 11) is 0. The second-order valence-electron chi connectivity index (χ2n) is 4.77. The summed E-state index contributed by atoms with van der Waals surface area (Å²) in [6.45, 7) is 2.00. The third-order valence-electron chi connectivity index (χ3n) is 3.14. The van der Waals surface area contributed by atoms with E-state index in [9.17, 15) is 4.39 Å². The Morgan fingerprint density at radius 2 is 1.48 bits per heavy atom. The van der Waals surface area contributed by atoms with Crippen molar-refractivity contribution in [2.45, 2.75) is 6.92 Å². The van der Waals surface area contributed by atoms with Gasteiger partial charge in [-0.15, -0.1) is 0 Å². The second-order valence-corrected chi connectivity index (χ2v) is 5.21. The van der Waals surface area contributed by atoms with Crippen LogP contribution in [0.25, 0.3) is 22.6 Å². The summed E-state index contributed by atoms with van der Waals surface area (Å²) >= 11 is 5.86. The summed E-state index contributed by atoms with van der Waals surface area (Å²) in [5, 5.41) is 0.619. The van der Waals surface area contributed by atoms with Gasteiger partial charge in [-0.3, -0.25) is 0 Å². The van der Waals surface area contributed by atoms with Gasteiger partial charge in [-0.05, 0) is 31.2 Å². The Balaban J connectivity index is 2.07. The zero-order chi connectivity index (χ0) is 14.8. The molecule has 0 aliphatic heterocycles. The van der Waals surface area contributed by atoms with Gasteiger partial charge in [-0.2, -0.15) is 9.37 Å². The number of hydrogen-bond acceptors (Lipinski definition) is 2. The van der Waals surface area contributed by atoms with Crippen LogP contribution in [0.4, 0.5) is 4.39 Å². The van der Waals surface area contributed by atoms with Crippen molar-refractivity contribution in [1.82, 2.24) is 9.97 Å². The molecule has 0 aliphatic carbocycles. The summed E-state index contributed by atoms with van der Waals surface area (Å²) < 4.78 is 13.8. The Morgan fingerprint density at radius 3 is 2.14 bits per heavy atom. The van der Waals surface area contributed by atoms with Crippen LogP contribution in [0.5, 0.6) is 0 Å². The quantitative estimate of drug-likeness (QED) is 0.628. The SMILES string of the molecule is Cc1ccc(-c2cc(F)nc(-c3ccc(Cl)cc3)n2)cc1. The van der Waals surface area contributed by atoms with E-state index >= 15 is 0 Å². The maximum absolute atomic E-state index is 13.8. The normalized spacial score (nSPS) is 10.6. The minimum Gasteiger partial charge on any atom is -0.228 e. The highest BCUT2D eigenvalue weighted by Gasteiger charge is 2.08. The highest BCUT2D eigenvalue weighted by atomic mass is 35.5. The first kappa shape index (κ1) is 13.7. The molecule has 1 aromatic heterocycles. The predicted octanol–water partition coefficient (Wildman–Crippen LogP) is 4.91. The third kappa shape index (κ3) is 3.09. The number of rotatable bonds is 2. The van der Waals surface area contributed by atoms with Gasteiger partial charge in [0.2, 0.25) is 5.95 Å². The number of benzene rings is 2. The number of halogens is 2. The molecule has 3 rings (SSSR count). The van der Waals surface area contributed by atoms with Crippen LogP contribution in [0.15, 0.2) is 54.6 Å². The molecule has 0 bridgehead atoms. The van der Waals surface area contributed by atoms with E-state index in [4.69, 9.17) is 11.6 Å². The molecular formula is C17H12ClFN2. The van der Waals surface area contributed by atoms with Gasteiger partial charge in [0.15, 0.2) is 5.82 Å². The Hall–Kier alpha value is -2.26. The molecule has 0 spiro atoms. The Morgan fingerprint density at radius 1 is 0.857 bits per heavy atom. The molecule has 0 radical (unpaired) electrons. The lowest BCUT2D eigenvalue weighted by Gasteiger charge is -2.05. The molecule has 0 amide bonds. The maximum Gasteiger partial charge on any atom is 0.217 e. The molecule has 0 saturated heterocycles. The summed E-state index contributed by atoms with van der Waals surface area (Å²) in [6, 6.07) is 16.1. The minimum atomic E-state index is -0.550. The van der Waals surface area contributed by atoms with Crippen molar-refractivity contribution in [2.24, 2.45) is 0 Å². The molecular weight excluding hydrogens is 287 g/mol. The van der Waals surface area contributed by atoms with Crippen LogP contribution in [0, 0.1) is 12.9 Å². The first-order valence-electron chi connectivity index (χ1n) is 6.49. The van der Waals surface area contributed by atoms with Crippen molar-refractivity contribution < 1.29 is 4.39 Å². The largest absolute Gasteiger partial charge is 0.228 e. The maximum atomic E-state index is 13.8. The molecule has 0 aliphatic rings. The van der Waals surface area contributed by atoms with E-state index in [1.807, 2.05) is 31.2 Å². The predicted molar refractivity (Wildman–Crippen MR) is 82.6 cm³/mol. The highest BCUT2D eigenvalue weighted by molar-refractivity contribution is 6.30. The van der Waals surface area contributed by atoms with Crippen molar-refractivity contribution >= 4 is 11.6 Å². The second kappa shape index (κ2) is 5.62. The monoisotopic (exact) mass is 298 g/mol. The van der Waals surface area contributed by atoms with Crippen LogP contribution < -0.4 is 0 Å². The van der Waals surface area contributed by atoms with E-state index in [0.717, 1.165) is 16.7 Å². The molecule has 0 unspecified atom stereocenters. The van der Waals surface area contributed by atoms with Crippen LogP contribution in [0.1, 0.15) is 5.56 Å². The van der Waals surface area contributed by atoms with Crippen molar-refractivity contribution in [3.8, 4) is 22.6 Å². The zero-order valence-corrected chi connectivity index (χ0v) is 12.1. The standard InChI is InChI=1S/C17H12ClFN2/c1-11-2-4-12(5-3-11)15-10-16(19)21-17(20-15)13-6-8-14(18)9-7-13/h2-10H,1H3. The molecule has 0 saturated carbocycles. The molecule has 3 aromatic rings. The van der Waals surface area contributed by atoms with Crippen molar-refractivity contribution in [1.29, 1.82) is 0 Å². The molecule has 4 heteroatoms. The van der Waals surface area contributed by atoms with Crippen LogP contribution in [0.2, 0.25) is 5.02 Å². The van der Waals surface area contributed by atoms with Crippen LogP contribution in [-0.4, -0.2) is 9.97 Å². The van der Waals surface area contributed by atoms with E-state index in [1.165, 1.54) is 6.07 Å². The van der Waals surface area contributed by atoms with E-state index in [0.29, 0.717) is 16.5 Å². The Bertz CT molecular complexity index is 704. The minimum absolute atomic E-state index is 0.349. The third-order valence-corrected chi connectivity index (χ3v) is 3.40. The average molecular weight is 299 g/mol. The summed E-state index contributed by atoms with van der Waals surface area (Å²) in [6.07, 6.45) is 0. The fourth-order valence-electron chi connectivity index (χ4n) is 2.02. The van der Waals surface area contributed by atoms with Gasteiger partial charge in [0.05, 0.1) is 5.69 Å². The molecule has 104 valence electrons. The lowest BCUT2D eigenvalue weighted by Crippen LogP contribution is -1.95. The molecule has 0 N–H and O–H groups in total. The van der Waals surface area contributed by atoms with Crippen LogP contribution >= 0.6 is 11.6 Å². The van der Waals surface area contributed by atoms with E-state index in [1.54, 1.807) is 24.3 Å². The van der Waals surface area contributed by atoms with E-state index in [-0.39, 0.29) is 0 Å². The lowest BCUT2D eigenvalue weighted by molar-refractivity contribution is 0.582. The Kier molecular flexibility index (Phi) is 3.67. The smallest absolute Gasteiger partial charge is 0.217 e. The van der Waals surface area contributed by atoms with Crippen molar-refractivity contribution in [3.63, 3.8) is 0 Å². The molecule has 0 fully saturated rings. The highest BCUT2D eigenvalue weighted by Crippen LogP contribution is 2.23. The van der Waals surface area contributed by atoms with E-state index < -0.39 is 5.95 Å². The van der Waals surface area contributed by atoms with Crippen molar-refractivity contribution in [2.75, 3.05) is 0 Å². The topological polar surface area (TPSA) is 25.8 Å². The summed E-state index contributed by atoms with van der Waals surface area (Å²) in [5.41, 5.74) is 3.29. The number of hydrogen-bond donors (Lipinski definition) is 0. The first-order valence-corrected chi connectivity index (χ1v) is 6.87. The Labute approximate surface area is 127 Å². The molecule has 2 nitrogen and oxygen atoms in total. The number of aryl methyl sites for hydroxylation is 1. The van der Waals surface area contributed by atoms with Gasteiger partial charge in [-0.1, -0.05) is 41.4 Å². The first-order chi connectivity index (χ1) is 10.1. The van der Waals surface area contributed by atoms with Gasteiger partial charge in [0, 0.05) is 22.2 Å². The fourth-order valence-corrected chi connectivity index (χ4v) is 2.14. The van der Waals surface area contributed by atoms with Gasteiger partial charge >= 0.3 is 0 Å².